The van der Waals surface area contributed by atoms with Crippen molar-refractivity contribution in [3.05, 3.63) is 28.5 Å². The number of carbonyl (C=O) groups is 1. The number of hydrogen-bond acceptors (Lipinski definition) is 4. The Morgan fingerprint density at radius 1 is 1.30 bits per heavy atom. The summed E-state index contributed by atoms with van der Waals surface area (Å²) in [6.07, 6.45) is 9.24. The van der Waals surface area contributed by atoms with E-state index in [1.54, 1.807) is 0 Å². The Kier molecular flexibility index (Phi) is 4.89. The maximum Gasteiger partial charge on any atom is 0.410 e. The predicted octanol–water partition coefficient (Wildman–Crippen LogP) is 5.41. The number of pyridine rings is 1. The third-order valence-corrected chi connectivity index (χ3v) is 7.03. The number of fused-ring (bicyclic) bond motifs is 1. The average molecular weight is 476 g/mol. The fourth-order valence-corrected chi connectivity index (χ4v) is 5.23. The highest BCUT2D eigenvalue weighted by Crippen LogP contribution is 2.47. The molecule has 2 aliphatic heterocycles. The first kappa shape index (κ1) is 20.3. The van der Waals surface area contributed by atoms with Crippen LogP contribution in [0.15, 0.2) is 22.9 Å². The Morgan fingerprint density at radius 3 is 2.70 bits per heavy atom. The van der Waals surface area contributed by atoms with E-state index in [0.717, 1.165) is 29.4 Å². The molecule has 2 aromatic heterocycles. The minimum absolute atomic E-state index is 0.144. The summed E-state index contributed by atoms with van der Waals surface area (Å²) in [5, 5.41) is 1.27. The van der Waals surface area contributed by atoms with Crippen LogP contribution in [0.5, 0.6) is 0 Å². The Labute approximate surface area is 186 Å². The van der Waals surface area contributed by atoms with E-state index in [1.807, 2.05) is 31.9 Å². The summed E-state index contributed by atoms with van der Waals surface area (Å²) in [6.45, 7) is 7.80. The van der Waals surface area contributed by atoms with Crippen LogP contribution in [0, 0.1) is 0 Å². The van der Waals surface area contributed by atoms with Crippen molar-refractivity contribution in [2.24, 2.45) is 0 Å². The van der Waals surface area contributed by atoms with Gasteiger partial charge in [0.2, 0.25) is 0 Å². The van der Waals surface area contributed by atoms with E-state index in [2.05, 4.69) is 32.8 Å². The van der Waals surface area contributed by atoms with Crippen molar-refractivity contribution in [2.45, 2.75) is 76.0 Å². The van der Waals surface area contributed by atoms with Gasteiger partial charge in [0, 0.05) is 35.3 Å². The molecule has 2 saturated heterocycles. The molecular formula is C23H30BrN3O3. The van der Waals surface area contributed by atoms with Crippen molar-refractivity contribution in [2.75, 3.05) is 19.7 Å². The van der Waals surface area contributed by atoms with Gasteiger partial charge in [-0.15, -0.1) is 0 Å². The van der Waals surface area contributed by atoms with Crippen LogP contribution < -0.4 is 0 Å². The highest BCUT2D eigenvalue weighted by atomic mass is 79.9. The van der Waals surface area contributed by atoms with Crippen molar-refractivity contribution in [3.63, 3.8) is 0 Å². The largest absolute Gasteiger partial charge is 0.444 e. The lowest BCUT2D eigenvalue weighted by Crippen LogP contribution is -2.47. The summed E-state index contributed by atoms with van der Waals surface area (Å²) in [6, 6.07) is 2.50. The van der Waals surface area contributed by atoms with E-state index < -0.39 is 5.60 Å². The lowest BCUT2D eigenvalue weighted by atomic mass is 9.87. The minimum Gasteiger partial charge on any atom is -0.444 e. The molecule has 0 radical (unpaired) electrons. The third kappa shape index (κ3) is 3.86. The molecule has 30 heavy (non-hydrogen) atoms. The van der Waals surface area contributed by atoms with E-state index in [0.29, 0.717) is 31.7 Å². The van der Waals surface area contributed by atoms with E-state index in [1.165, 1.54) is 23.8 Å². The summed E-state index contributed by atoms with van der Waals surface area (Å²) in [5.74, 6) is 0.679. The average Bonchev–Trinajstić information content (AvgIpc) is 3.34. The lowest BCUT2D eigenvalue weighted by molar-refractivity contribution is -0.0486. The number of carbonyl (C=O) groups excluding carboxylic acids is 1. The molecule has 0 bridgehead atoms. The summed E-state index contributed by atoms with van der Waals surface area (Å²) in [7, 11) is 0. The molecule has 1 amide bonds. The zero-order chi connectivity index (χ0) is 21.1. The van der Waals surface area contributed by atoms with Gasteiger partial charge in [0.25, 0.3) is 0 Å². The molecule has 1 spiro atoms. The second kappa shape index (κ2) is 7.23. The van der Waals surface area contributed by atoms with Crippen LogP contribution in [0.2, 0.25) is 0 Å². The van der Waals surface area contributed by atoms with Crippen molar-refractivity contribution in [1.29, 1.82) is 0 Å². The van der Waals surface area contributed by atoms with Gasteiger partial charge in [-0.2, -0.15) is 0 Å². The number of halogens is 1. The predicted molar refractivity (Wildman–Crippen MR) is 119 cm³/mol. The third-order valence-electron chi connectivity index (χ3n) is 6.59. The van der Waals surface area contributed by atoms with Crippen LogP contribution >= 0.6 is 15.9 Å². The van der Waals surface area contributed by atoms with Crippen LogP contribution in [0.4, 0.5) is 4.79 Å². The standard InChI is InChI=1S/C23H30BrN3O3/c1-22(2,3)30-21(28)26-8-6-23(7-9-26)11-17(14-29-23)27-13-19(15-4-5-15)18-10-16(24)12-25-20(18)27/h10,12-13,15,17H,4-9,11,14H2,1-3H3. The molecule has 162 valence electrons. The summed E-state index contributed by atoms with van der Waals surface area (Å²) >= 11 is 3.58. The molecule has 4 heterocycles. The Morgan fingerprint density at radius 2 is 2.03 bits per heavy atom. The molecule has 2 aromatic rings. The number of ether oxygens (including phenoxy) is 2. The number of amides is 1. The van der Waals surface area contributed by atoms with Crippen molar-refractivity contribution < 1.29 is 14.3 Å². The first-order chi connectivity index (χ1) is 14.2. The number of likely N-dealkylation sites (tertiary alicyclic amines) is 1. The van der Waals surface area contributed by atoms with E-state index in [9.17, 15) is 4.79 Å². The van der Waals surface area contributed by atoms with Gasteiger partial charge in [0.05, 0.1) is 18.2 Å². The number of rotatable bonds is 2. The molecule has 1 aliphatic carbocycles. The van der Waals surface area contributed by atoms with Gasteiger partial charge in [0.15, 0.2) is 0 Å². The van der Waals surface area contributed by atoms with Crippen LogP contribution in [0.25, 0.3) is 11.0 Å². The van der Waals surface area contributed by atoms with E-state index in [4.69, 9.17) is 14.5 Å². The zero-order valence-corrected chi connectivity index (χ0v) is 19.6. The maximum absolute atomic E-state index is 12.4. The highest BCUT2D eigenvalue weighted by molar-refractivity contribution is 9.10. The van der Waals surface area contributed by atoms with Crippen LogP contribution in [0.3, 0.4) is 0 Å². The number of hydrogen-bond donors (Lipinski definition) is 0. The first-order valence-electron chi connectivity index (χ1n) is 11.0. The summed E-state index contributed by atoms with van der Waals surface area (Å²) in [4.78, 5) is 19.0. The molecule has 1 unspecified atom stereocenters. The fraction of sp³-hybridized carbons (Fsp3) is 0.652. The fourth-order valence-electron chi connectivity index (χ4n) is 4.90. The van der Waals surface area contributed by atoms with Gasteiger partial charge in [-0.1, -0.05) is 0 Å². The van der Waals surface area contributed by atoms with Crippen LogP contribution in [-0.4, -0.2) is 51.4 Å². The van der Waals surface area contributed by atoms with Crippen LogP contribution in [-0.2, 0) is 9.47 Å². The van der Waals surface area contributed by atoms with Gasteiger partial charge in [-0.3, -0.25) is 0 Å². The molecule has 1 atom stereocenters. The Bertz CT molecular complexity index is 968. The molecule has 1 saturated carbocycles. The van der Waals surface area contributed by atoms with Crippen molar-refractivity contribution in [1.82, 2.24) is 14.5 Å². The zero-order valence-electron chi connectivity index (χ0n) is 18.0. The van der Waals surface area contributed by atoms with Gasteiger partial charge in [-0.05, 0) is 86.4 Å². The maximum atomic E-state index is 12.4. The number of aromatic nitrogens is 2. The van der Waals surface area contributed by atoms with Gasteiger partial charge in [0.1, 0.15) is 11.2 Å². The number of nitrogens with zero attached hydrogens (tertiary/aromatic N) is 3. The normalized spacial score (nSPS) is 24.0. The van der Waals surface area contributed by atoms with Gasteiger partial charge in [-0.25, -0.2) is 9.78 Å². The molecule has 6 nitrogen and oxygen atoms in total. The first-order valence-corrected chi connectivity index (χ1v) is 11.8. The molecular weight excluding hydrogens is 446 g/mol. The Hall–Kier alpha value is -1.60. The molecule has 3 aliphatic rings. The Balaban J connectivity index is 1.31. The van der Waals surface area contributed by atoms with E-state index >= 15 is 0 Å². The second-order valence-electron chi connectivity index (χ2n) is 10.1. The quantitative estimate of drug-likeness (QED) is 0.582. The van der Waals surface area contributed by atoms with Crippen LogP contribution in [0.1, 0.15) is 70.4 Å². The summed E-state index contributed by atoms with van der Waals surface area (Å²) in [5.41, 5.74) is 1.89. The minimum atomic E-state index is -0.460. The van der Waals surface area contributed by atoms with Gasteiger partial charge < -0.3 is 18.9 Å². The molecule has 5 rings (SSSR count). The topological polar surface area (TPSA) is 56.6 Å². The number of piperidine rings is 1. The summed E-state index contributed by atoms with van der Waals surface area (Å²) < 4.78 is 15.3. The van der Waals surface area contributed by atoms with Gasteiger partial charge >= 0.3 is 6.09 Å². The smallest absolute Gasteiger partial charge is 0.410 e. The molecule has 3 fully saturated rings. The van der Waals surface area contributed by atoms with Crippen molar-refractivity contribution >= 4 is 33.1 Å². The van der Waals surface area contributed by atoms with E-state index in [-0.39, 0.29) is 11.7 Å². The SMILES string of the molecule is CC(C)(C)OC(=O)N1CCC2(CC1)CC(n1cc(C3CC3)c3cc(Br)cnc31)CO2. The lowest BCUT2D eigenvalue weighted by Gasteiger charge is -2.39. The molecule has 0 aromatic carbocycles. The second-order valence-corrected chi connectivity index (χ2v) is 11.0. The molecule has 0 N–H and O–H groups in total. The van der Waals surface area contributed by atoms with Crippen molar-refractivity contribution in [3.8, 4) is 0 Å². The molecule has 7 heteroatoms. The monoisotopic (exact) mass is 475 g/mol. The highest BCUT2D eigenvalue weighted by Gasteiger charge is 2.45.